The quantitative estimate of drug-likeness (QED) is 0.735. The molecule has 0 saturated heterocycles. The summed E-state index contributed by atoms with van der Waals surface area (Å²) in [6.45, 7) is 8.87. The number of hydrogen-bond acceptors (Lipinski definition) is 2. The molecular formula is C17H27NO. The molecule has 0 heterocycles. The summed E-state index contributed by atoms with van der Waals surface area (Å²) in [6.07, 6.45) is 5.59. The molecule has 0 amide bonds. The van der Waals surface area contributed by atoms with E-state index in [4.69, 9.17) is 4.74 Å². The lowest BCUT2D eigenvalue weighted by atomic mass is 9.91. The smallest absolute Gasteiger partial charge is 0.119 e. The van der Waals surface area contributed by atoms with E-state index in [9.17, 15) is 0 Å². The van der Waals surface area contributed by atoms with Crippen LogP contribution in [0.2, 0.25) is 0 Å². The second-order valence-electron chi connectivity index (χ2n) is 5.74. The first-order chi connectivity index (χ1) is 9.19. The minimum atomic E-state index is 0.289. The van der Waals surface area contributed by atoms with E-state index < -0.39 is 0 Å². The van der Waals surface area contributed by atoms with Crippen LogP contribution in [-0.4, -0.2) is 30.1 Å². The zero-order valence-corrected chi connectivity index (χ0v) is 12.6. The van der Waals surface area contributed by atoms with Crippen LogP contribution < -0.4 is 4.74 Å². The monoisotopic (exact) mass is 261 g/mol. The molecule has 0 N–H and O–H groups in total. The molecule has 1 saturated carbocycles. The van der Waals surface area contributed by atoms with E-state index in [1.54, 1.807) is 0 Å². The molecule has 2 nitrogen and oxygen atoms in total. The van der Waals surface area contributed by atoms with Gasteiger partial charge in [0.05, 0.1) is 6.10 Å². The van der Waals surface area contributed by atoms with Gasteiger partial charge >= 0.3 is 0 Å². The number of aryl methyl sites for hydroxylation is 1. The molecule has 2 heteroatoms. The topological polar surface area (TPSA) is 12.5 Å². The average molecular weight is 261 g/mol. The van der Waals surface area contributed by atoms with Crippen LogP contribution in [0.5, 0.6) is 5.75 Å². The van der Waals surface area contributed by atoms with Gasteiger partial charge in [0.25, 0.3) is 0 Å². The van der Waals surface area contributed by atoms with E-state index >= 15 is 0 Å². The number of benzene rings is 1. The molecule has 1 aromatic rings. The molecule has 0 bridgehead atoms. The molecular weight excluding hydrogens is 234 g/mol. The Morgan fingerprint density at radius 2 is 1.95 bits per heavy atom. The molecule has 1 unspecified atom stereocenters. The van der Waals surface area contributed by atoms with E-state index in [1.165, 1.54) is 31.4 Å². The van der Waals surface area contributed by atoms with Gasteiger partial charge in [-0.2, -0.15) is 0 Å². The summed E-state index contributed by atoms with van der Waals surface area (Å²) < 4.78 is 5.97. The van der Waals surface area contributed by atoms with Gasteiger partial charge in [0.1, 0.15) is 5.75 Å². The molecule has 0 aromatic heterocycles. The van der Waals surface area contributed by atoms with Crippen molar-refractivity contribution >= 4 is 0 Å². The Morgan fingerprint density at radius 3 is 2.47 bits per heavy atom. The Hall–Kier alpha value is -1.02. The zero-order chi connectivity index (χ0) is 13.7. The van der Waals surface area contributed by atoms with E-state index in [2.05, 4.69) is 49.9 Å². The van der Waals surface area contributed by atoms with E-state index in [1.807, 2.05) is 0 Å². The third-order valence-corrected chi connectivity index (χ3v) is 4.18. The van der Waals surface area contributed by atoms with E-state index in [0.29, 0.717) is 0 Å². The van der Waals surface area contributed by atoms with Crippen LogP contribution in [0.4, 0.5) is 0 Å². The van der Waals surface area contributed by atoms with Gasteiger partial charge in [-0.3, -0.25) is 0 Å². The molecule has 1 fully saturated rings. The van der Waals surface area contributed by atoms with Crippen LogP contribution in [0.15, 0.2) is 24.3 Å². The molecule has 0 aliphatic heterocycles. The maximum Gasteiger partial charge on any atom is 0.119 e. The molecule has 2 rings (SSSR count). The van der Waals surface area contributed by atoms with Crippen molar-refractivity contribution in [1.82, 2.24) is 4.90 Å². The van der Waals surface area contributed by atoms with Crippen molar-refractivity contribution < 1.29 is 4.74 Å². The third kappa shape index (κ3) is 4.24. The predicted octanol–water partition coefficient (Wildman–Crippen LogP) is 4.03. The largest absolute Gasteiger partial charge is 0.491 e. The molecule has 1 aliphatic carbocycles. The molecule has 0 radical (unpaired) electrons. The molecule has 1 atom stereocenters. The van der Waals surface area contributed by atoms with E-state index in [-0.39, 0.29) is 6.10 Å². The minimum Gasteiger partial charge on any atom is -0.491 e. The van der Waals surface area contributed by atoms with E-state index in [0.717, 1.165) is 24.8 Å². The summed E-state index contributed by atoms with van der Waals surface area (Å²) in [4.78, 5) is 2.61. The second kappa shape index (κ2) is 6.95. The summed E-state index contributed by atoms with van der Waals surface area (Å²) in [5, 5.41) is 0. The molecule has 1 aromatic carbocycles. The van der Waals surface area contributed by atoms with Crippen LogP contribution in [0, 0.1) is 6.92 Å². The lowest BCUT2D eigenvalue weighted by Crippen LogP contribution is -2.41. The summed E-state index contributed by atoms with van der Waals surface area (Å²) in [5.41, 5.74) is 1.28. The molecule has 106 valence electrons. The van der Waals surface area contributed by atoms with Crippen molar-refractivity contribution in [1.29, 1.82) is 0 Å². The highest BCUT2D eigenvalue weighted by Gasteiger charge is 2.23. The van der Waals surface area contributed by atoms with Gasteiger partial charge in [-0.15, -0.1) is 0 Å². The number of nitrogens with zero attached hydrogens (tertiary/aromatic N) is 1. The number of rotatable bonds is 7. The summed E-state index contributed by atoms with van der Waals surface area (Å²) in [6, 6.07) is 9.19. The Kier molecular flexibility index (Phi) is 5.26. The van der Waals surface area contributed by atoms with Gasteiger partial charge < -0.3 is 9.64 Å². The first-order valence-electron chi connectivity index (χ1n) is 7.66. The summed E-state index contributed by atoms with van der Waals surface area (Å²) >= 11 is 0. The minimum absolute atomic E-state index is 0.289. The van der Waals surface area contributed by atoms with Gasteiger partial charge in [0, 0.05) is 12.6 Å². The van der Waals surface area contributed by atoms with Gasteiger partial charge in [0.15, 0.2) is 0 Å². The van der Waals surface area contributed by atoms with Crippen molar-refractivity contribution in [2.45, 2.75) is 58.6 Å². The zero-order valence-electron chi connectivity index (χ0n) is 12.6. The van der Waals surface area contributed by atoms with Gasteiger partial charge in [-0.1, -0.05) is 31.0 Å². The highest BCUT2D eigenvalue weighted by atomic mass is 16.5. The van der Waals surface area contributed by atoms with Gasteiger partial charge in [-0.05, 0) is 51.8 Å². The van der Waals surface area contributed by atoms with Crippen LogP contribution >= 0.6 is 0 Å². The molecule has 1 aliphatic rings. The van der Waals surface area contributed by atoms with Gasteiger partial charge in [-0.25, -0.2) is 0 Å². The van der Waals surface area contributed by atoms with Crippen molar-refractivity contribution in [3.05, 3.63) is 29.8 Å². The van der Waals surface area contributed by atoms with Crippen molar-refractivity contribution in [3.8, 4) is 5.75 Å². The average Bonchev–Trinajstić information content (AvgIpc) is 2.35. The first-order valence-corrected chi connectivity index (χ1v) is 7.66. The maximum absolute atomic E-state index is 5.97. The highest BCUT2D eigenvalue weighted by molar-refractivity contribution is 5.26. The van der Waals surface area contributed by atoms with Gasteiger partial charge in [0.2, 0.25) is 0 Å². The Balaban J connectivity index is 1.74. The fraction of sp³-hybridized carbons (Fsp3) is 0.647. The SMILES string of the molecule is CCN(CCC(C)Oc1ccc(C)cc1)C1CCC1. The lowest BCUT2D eigenvalue weighted by Gasteiger charge is -2.37. The Morgan fingerprint density at radius 1 is 1.26 bits per heavy atom. The molecule has 19 heavy (non-hydrogen) atoms. The molecule has 0 spiro atoms. The fourth-order valence-electron chi connectivity index (χ4n) is 2.61. The van der Waals surface area contributed by atoms with Crippen LogP contribution in [0.1, 0.15) is 45.1 Å². The van der Waals surface area contributed by atoms with Crippen molar-refractivity contribution in [2.75, 3.05) is 13.1 Å². The number of hydrogen-bond donors (Lipinski definition) is 0. The standard InChI is InChI=1S/C17H27NO/c1-4-18(16-6-5-7-16)13-12-15(3)19-17-10-8-14(2)9-11-17/h8-11,15-16H,4-7,12-13H2,1-3H3. The Bertz CT molecular complexity index is 369. The first kappa shape index (κ1) is 14.4. The number of ether oxygens (including phenoxy) is 1. The second-order valence-corrected chi connectivity index (χ2v) is 5.74. The lowest BCUT2D eigenvalue weighted by molar-refractivity contribution is 0.110. The highest BCUT2D eigenvalue weighted by Crippen LogP contribution is 2.25. The van der Waals surface area contributed by atoms with Crippen LogP contribution in [0.25, 0.3) is 0 Å². The predicted molar refractivity (Wildman–Crippen MR) is 80.8 cm³/mol. The Labute approximate surface area is 117 Å². The van der Waals surface area contributed by atoms with Crippen molar-refractivity contribution in [2.24, 2.45) is 0 Å². The normalized spacial score (nSPS) is 17.3. The maximum atomic E-state index is 5.97. The third-order valence-electron chi connectivity index (χ3n) is 4.18. The summed E-state index contributed by atoms with van der Waals surface area (Å²) in [5.74, 6) is 0.991. The van der Waals surface area contributed by atoms with Crippen molar-refractivity contribution in [3.63, 3.8) is 0 Å². The summed E-state index contributed by atoms with van der Waals surface area (Å²) in [7, 11) is 0. The van der Waals surface area contributed by atoms with Crippen LogP contribution in [0.3, 0.4) is 0 Å². The van der Waals surface area contributed by atoms with Crippen LogP contribution in [-0.2, 0) is 0 Å². The fourth-order valence-corrected chi connectivity index (χ4v) is 2.61.